The fraction of sp³-hybridized carbons (Fsp3) is 0.500. The standard InChI is InChI=1S/C14H22N2O2/c1-9-6-7-12(8-13(9)16(4)5)15-11(3)10(2)14(17)18/h6-8,10-11,15H,1-5H3,(H,17,18). The van der Waals surface area contributed by atoms with Crippen molar-refractivity contribution >= 4 is 17.3 Å². The lowest BCUT2D eigenvalue weighted by molar-refractivity contribution is -0.141. The van der Waals surface area contributed by atoms with Crippen LogP contribution in [0.3, 0.4) is 0 Å². The van der Waals surface area contributed by atoms with E-state index in [2.05, 4.69) is 12.2 Å². The highest BCUT2D eigenvalue weighted by Gasteiger charge is 2.19. The Morgan fingerprint density at radius 2 is 1.94 bits per heavy atom. The summed E-state index contributed by atoms with van der Waals surface area (Å²) in [5, 5.41) is 12.2. The van der Waals surface area contributed by atoms with Crippen LogP contribution in [0.25, 0.3) is 0 Å². The molecule has 1 rings (SSSR count). The van der Waals surface area contributed by atoms with Gasteiger partial charge in [-0.3, -0.25) is 4.79 Å². The van der Waals surface area contributed by atoms with E-state index in [0.29, 0.717) is 0 Å². The van der Waals surface area contributed by atoms with Crippen molar-refractivity contribution in [2.24, 2.45) is 5.92 Å². The number of benzene rings is 1. The number of nitrogens with zero attached hydrogens (tertiary/aromatic N) is 1. The Bertz CT molecular complexity index is 430. The molecule has 0 aliphatic heterocycles. The van der Waals surface area contributed by atoms with Gasteiger partial charge in [0.25, 0.3) is 0 Å². The Kier molecular flexibility index (Phi) is 4.59. The zero-order chi connectivity index (χ0) is 13.9. The van der Waals surface area contributed by atoms with Crippen LogP contribution in [0.1, 0.15) is 19.4 Å². The first-order valence-corrected chi connectivity index (χ1v) is 6.10. The molecule has 0 bridgehead atoms. The van der Waals surface area contributed by atoms with Crippen LogP contribution in [-0.4, -0.2) is 31.2 Å². The van der Waals surface area contributed by atoms with Gasteiger partial charge in [0.05, 0.1) is 5.92 Å². The van der Waals surface area contributed by atoms with E-state index >= 15 is 0 Å². The molecule has 2 unspecified atom stereocenters. The Balaban J connectivity index is 2.85. The van der Waals surface area contributed by atoms with E-state index in [-0.39, 0.29) is 6.04 Å². The fourth-order valence-electron chi connectivity index (χ4n) is 1.78. The number of carbonyl (C=O) groups is 1. The van der Waals surface area contributed by atoms with E-state index in [1.807, 2.05) is 44.1 Å². The molecular formula is C14H22N2O2. The molecule has 0 saturated heterocycles. The van der Waals surface area contributed by atoms with Crippen LogP contribution in [-0.2, 0) is 4.79 Å². The van der Waals surface area contributed by atoms with Gasteiger partial charge in [-0.05, 0) is 38.5 Å². The van der Waals surface area contributed by atoms with Gasteiger partial charge in [0, 0.05) is 31.5 Å². The van der Waals surface area contributed by atoms with E-state index in [1.165, 1.54) is 5.56 Å². The molecule has 0 saturated carbocycles. The van der Waals surface area contributed by atoms with Gasteiger partial charge in [0.1, 0.15) is 0 Å². The molecule has 2 N–H and O–H groups in total. The molecule has 0 aliphatic carbocycles. The summed E-state index contributed by atoms with van der Waals surface area (Å²) in [5.41, 5.74) is 3.28. The molecule has 1 aromatic carbocycles. The number of hydrogen-bond acceptors (Lipinski definition) is 3. The van der Waals surface area contributed by atoms with E-state index < -0.39 is 11.9 Å². The predicted octanol–water partition coefficient (Wildman–Crippen LogP) is 2.58. The third-order valence-electron chi connectivity index (χ3n) is 3.22. The average Bonchev–Trinajstić information content (AvgIpc) is 2.29. The highest BCUT2D eigenvalue weighted by molar-refractivity contribution is 5.71. The van der Waals surface area contributed by atoms with Gasteiger partial charge in [-0.2, -0.15) is 0 Å². The molecule has 1 aromatic rings. The van der Waals surface area contributed by atoms with Crippen molar-refractivity contribution < 1.29 is 9.90 Å². The van der Waals surface area contributed by atoms with Crippen molar-refractivity contribution in [3.8, 4) is 0 Å². The Morgan fingerprint density at radius 1 is 1.33 bits per heavy atom. The summed E-state index contributed by atoms with van der Waals surface area (Å²) >= 11 is 0. The highest BCUT2D eigenvalue weighted by Crippen LogP contribution is 2.23. The van der Waals surface area contributed by atoms with Crippen LogP contribution < -0.4 is 10.2 Å². The van der Waals surface area contributed by atoms with Crippen LogP contribution >= 0.6 is 0 Å². The second-order valence-electron chi connectivity index (χ2n) is 4.96. The summed E-state index contributed by atoms with van der Waals surface area (Å²) < 4.78 is 0. The number of anilines is 2. The molecule has 0 amide bonds. The Labute approximate surface area is 109 Å². The second kappa shape index (κ2) is 5.76. The van der Waals surface area contributed by atoms with Crippen molar-refractivity contribution in [3.63, 3.8) is 0 Å². The minimum Gasteiger partial charge on any atom is -0.481 e. The molecule has 0 spiro atoms. The topological polar surface area (TPSA) is 52.6 Å². The number of nitrogens with one attached hydrogen (secondary N) is 1. The number of hydrogen-bond donors (Lipinski definition) is 2. The van der Waals surface area contributed by atoms with Crippen molar-refractivity contribution in [2.75, 3.05) is 24.3 Å². The minimum atomic E-state index is -0.782. The van der Waals surface area contributed by atoms with Gasteiger partial charge in [0.2, 0.25) is 0 Å². The summed E-state index contributed by atoms with van der Waals surface area (Å²) in [6, 6.07) is 5.95. The molecule has 2 atom stereocenters. The maximum atomic E-state index is 10.9. The van der Waals surface area contributed by atoms with E-state index in [1.54, 1.807) is 6.92 Å². The normalized spacial score (nSPS) is 13.8. The second-order valence-corrected chi connectivity index (χ2v) is 4.96. The molecule has 0 fully saturated rings. The lowest BCUT2D eigenvalue weighted by Crippen LogP contribution is -2.29. The molecule has 4 nitrogen and oxygen atoms in total. The third-order valence-corrected chi connectivity index (χ3v) is 3.22. The smallest absolute Gasteiger partial charge is 0.308 e. The molecule has 100 valence electrons. The minimum absolute atomic E-state index is 0.111. The molecule has 18 heavy (non-hydrogen) atoms. The number of rotatable bonds is 5. The van der Waals surface area contributed by atoms with E-state index in [0.717, 1.165) is 11.4 Å². The third kappa shape index (κ3) is 3.39. The SMILES string of the molecule is Cc1ccc(NC(C)C(C)C(=O)O)cc1N(C)C. The molecule has 0 aromatic heterocycles. The lowest BCUT2D eigenvalue weighted by atomic mass is 10.0. The van der Waals surface area contributed by atoms with Gasteiger partial charge in [-0.15, -0.1) is 0 Å². The first-order chi connectivity index (χ1) is 8.32. The van der Waals surface area contributed by atoms with E-state index in [9.17, 15) is 4.79 Å². The monoisotopic (exact) mass is 250 g/mol. The number of aryl methyl sites for hydroxylation is 1. The van der Waals surface area contributed by atoms with Crippen molar-refractivity contribution in [1.29, 1.82) is 0 Å². The maximum Gasteiger partial charge on any atom is 0.308 e. The van der Waals surface area contributed by atoms with Crippen LogP contribution in [0.5, 0.6) is 0 Å². The molecule has 4 heteroatoms. The van der Waals surface area contributed by atoms with Gasteiger partial charge in [-0.25, -0.2) is 0 Å². The quantitative estimate of drug-likeness (QED) is 0.843. The van der Waals surface area contributed by atoms with Gasteiger partial charge in [-0.1, -0.05) is 6.07 Å². The summed E-state index contributed by atoms with van der Waals surface area (Å²) in [4.78, 5) is 13.0. The lowest BCUT2D eigenvalue weighted by Gasteiger charge is -2.22. The first-order valence-electron chi connectivity index (χ1n) is 6.10. The van der Waals surface area contributed by atoms with Crippen LogP contribution in [0, 0.1) is 12.8 Å². The van der Waals surface area contributed by atoms with Crippen LogP contribution in [0.15, 0.2) is 18.2 Å². The zero-order valence-corrected chi connectivity index (χ0v) is 11.7. The summed E-state index contributed by atoms with van der Waals surface area (Å²) in [5.74, 6) is -1.20. The molecule has 0 aliphatic rings. The average molecular weight is 250 g/mol. The summed E-state index contributed by atoms with van der Waals surface area (Å²) in [6.07, 6.45) is 0. The number of aliphatic carboxylic acids is 1. The summed E-state index contributed by atoms with van der Waals surface area (Å²) in [7, 11) is 3.99. The van der Waals surface area contributed by atoms with Crippen molar-refractivity contribution in [3.05, 3.63) is 23.8 Å². The summed E-state index contributed by atoms with van der Waals surface area (Å²) in [6.45, 7) is 5.65. The van der Waals surface area contributed by atoms with Crippen molar-refractivity contribution in [2.45, 2.75) is 26.8 Å². The number of carboxylic acid groups (broad SMARTS) is 1. The molecule has 0 heterocycles. The van der Waals surface area contributed by atoms with Crippen molar-refractivity contribution in [1.82, 2.24) is 0 Å². The predicted molar refractivity (Wildman–Crippen MR) is 75.4 cm³/mol. The first kappa shape index (κ1) is 14.4. The van der Waals surface area contributed by atoms with Crippen LogP contribution in [0.4, 0.5) is 11.4 Å². The highest BCUT2D eigenvalue weighted by atomic mass is 16.4. The Morgan fingerprint density at radius 3 is 2.44 bits per heavy atom. The van der Waals surface area contributed by atoms with E-state index in [4.69, 9.17) is 5.11 Å². The Hall–Kier alpha value is -1.71. The molecule has 0 radical (unpaired) electrons. The zero-order valence-electron chi connectivity index (χ0n) is 11.7. The van der Waals surface area contributed by atoms with Crippen LogP contribution in [0.2, 0.25) is 0 Å². The number of carboxylic acids is 1. The molecular weight excluding hydrogens is 228 g/mol. The van der Waals surface area contributed by atoms with Gasteiger partial charge >= 0.3 is 5.97 Å². The van der Waals surface area contributed by atoms with Gasteiger partial charge < -0.3 is 15.3 Å². The fourth-order valence-corrected chi connectivity index (χ4v) is 1.78. The maximum absolute atomic E-state index is 10.9. The van der Waals surface area contributed by atoms with Gasteiger partial charge in [0.15, 0.2) is 0 Å². The largest absolute Gasteiger partial charge is 0.481 e.